The summed E-state index contributed by atoms with van der Waals surface area (Å²) >= 11 is 6.17. The summed E-state index contributed by atoms with van der Waals surface area (Å²) in [5, 5.41) is 3.47. The van der Waals surface area contributed by atoms with Gasteiger partial charge in [-0.15, -0.1) is 0 Å². The third kappa shape index (κ3) is 3.64. The molecule has 4 rings (SSSR count). The zero-order valence-corrected chi connectivity index (χ0v) is 16.2. The van der Waals surface area contributed by atoms with Crippen LogP contribution in [0.1, 0.15) is 34.7 Å². The van der Waals surface area contributed by atoms with Crippen molar-refractivity contribution in [3.05, 3.63) is 101 Å². The van der Waals surface area contributed by atoms with Crippen LogP contribution >= 0.6 is 11.6 Å². The lowest BCUT2D eigenvalue weighted by Gasteiger charge is -2.17. The Balaban J connectivity index is 1.68. The van der Waals surface area contributed by atoms with Crippen molar-refractivity contribution < 1.29 is 4.79 Å². The molecule has 140 valence electrons. The number of nitrogens with zero attached hydrogens (tertiary/aromatic N) is 2. The molecule has 1 unspecified atom stereocenters. The lowest BCUT2D eigenvalue weighted by atomic mass is 10.2. The molecule has 0 spiro atoms. The summed E-state index contributed by atoms with van der Waals surface area (Å²) in [6.45, 7) is 2.63. The van der Waals surface area contributed by atoms with Crippen LogP contribution in [0.4, 0.5) is 0 Å². The number of aromatic nitrogens is 2. The number of imidazole rings is 1. The van der Waals surface area contributed by atoms with Crippen molar-refractivity contribution in [2.75, 3.05) is 0 Å². The van der Waals surface area contributed by atoms with Gasteiger partial charge in [0.2, 0.25) is 0 Å². The van der Waals surface area contributed by atoms with E-state index in [0.29, 0.717) is 17.1 Å². The predicted octanol–water partition coefficient (Wildman–Crippen LogP) is 5.23. The molecule has 28 heavy (non-hydrogen) atoms. The standard InChI is InChI=1S/C23H20ClN3O/c1-16(25-23(28)18-11-5-6-12-19(18)24)22-26-20-13-7-8-14-21(20)27(22)15-17-9-3-2-4-10-17/h2-14,16H,15H2,1H3,(H,25,28). The topological polar surface area (TPSA) is 46.9 Å². The lowest BCUT2D eigenvalue weighted by Crippen LogP contribution is -2.29. The number of benzene rings is 3. The molecule has 1 aromatic heterocycles. The third-order valence-corrected chi connectivity index (χ3v) is 5.05. The van der Waals surface area contributed by atoms with Gasteiger partial charge in [-0.1, -0.05) is 66.2 Å². The Morgan fingerprint density at radius 2 is 1.68 bits per heavy atom. The van der Waals surface area contributed by atoms with Gasteiger partial charge in [-0.25, -0.2) is 4.98 Å². The molecule has 0 saturated carbocycles. The minimum atomic E-state index is -0.278. The SMILES string of the molecule is CC(NC(=O)c1ccccc1Cl)c1nc2ccccc2n1Cc1ccccc1. The number of carbonyl (C=O) groups excluding carboxylic acids is 1. The summed E-state index contributed by atoms with van der Waals surface area (Å²) < 4.78 is 2.15. The second-order valence-corrected chi connectivity index (χ2v) is 7.11. The Hall–Kier alpha value is -3.11. The molecule has 0 bridgehead atoms. The molecule has 1 heterocycles. The van der Waals surface area contributed by atoms with Crippen molar-refractivity contribution in [1.29, 1.82) is 0 Å². The molecule has 0 saturated heterocycles. The molecular weight excluding hydrogens is 370 g/mol. The quantitative estimate of drug-likeness (QED) is 0.508. The van der Waals surface area contributed by atoms with Crippen LogP contribution in [0.15, 0.2) is 78.9 Å². The molecule has 1 atom stereocenters. The minimum Gasteiger partial charge on any atom is -0.342 e. The van der Waals surface area contributed by atoms with Gasteiger partial charge in [0, 0.05) is 6.54 Å². The fourth-order valence-corrected chi connectivity index (χ4v) is 3.56. The van der Waals surface area contributed by atoms with Crippen molar-refractivity contribution in [1.82, 2.24) is 14.9 Å². The lowest BCUT2D eigenvalue weighted by molar-refractivity contribution is 0.0938. The van der Waals surface area contributed by atoms with Crippen LogP contribution < -0.4 is 5.32 Å². The molecule has 4 nitrogen and oxygen atoms in total. The highest BCUT2D eigenvalue weighted by Gasteiger charge is 2.20. The normalized spacial score (nSPS) is 12.1. The number of hydrogen-bond acceptors (Lipinski definition) is 2. The highest BCUT2D eigenvalue weighted by Crippen LogP contribution is 2.23. The molecule has 0 radical (unpaired) electrons. The van der Waals surface area contributed by atoms with Crippen molar-refractivity contribution in [2.45, 2.75) is 19.5 Å². The van der Waals surface area contributed by atoms with E-state index >= 15 is 0 Å². The van der Waals surface area contributed by atoms with Gasteiger partial charge in [0.05, 0.1) is 27.7 Å². The van der Waals surface area contributed by atoms with Crippen LogP contribution in [0.25, 0.3) is 11.0 Å². The number of para-hydroxylation sites is 2. The molecule has 3 aromatic carbocycles. The smallest absolute Gasteiger partial charge is 0.253 e. The second-order valence-electron chi connectivity index (χ2n) is 6.71. The van der Waals surface area contributed by atoms with Gasteiger partial charge in [0.1, 0.15) is 5.82 Å². The number of nitrogens with one attached hydrogen (secondary N) is 1. The first-order valence-electron chi connectivity index (χ1n) is 9.18. The van der Waals surface area contributed by atoms with Gasteiger partial charge in [-0.2, -0.15) is 0 Å². The highest BCUT2D eigenvalue weighted by molar-refractivity contribution is 6.33. The average molecular weight is 390 g/mol. The maximum absolute atomic E-state index is 12.7. The van der Waals surface area contributed by atoms with Crippen molar-refractivity contribution in [3.63, 3.8) is 0 Å². The van der Waals surface area contributed by atoms with Crippen molar-refractivity contribution in [2.24, 2.45) is 0 Å². The zero-order chi connectivity index (χ0) is 19.5. The number of fused-ring (bicyclic) bond motifs is 1. The maximum Gasteiger partial charge on any atom is 0.253 e. The molecule has 4 aromatic rings. The fourth-order valence-electron chi connectivity index (χ4n) is 3.34. The van der Waals surface area contributed by atoms with Crippen LogP contribution in [-0.4, -0.2) is 15.5 Å². The van der Waals surface area contributed by atoms with Crippen LogP contribution in [0.3, 0.4) is 0 Å². The van der Waals surface area contributed by atoms with Gasteiger partial charge in [0.25, 0.3) is 5.91 Å². The number of carbonyl (C=O) groups is 1. The van der Waals surface area contributed by atoms with Gasteiger partial charge >= 0.3 is 0 Å². The Labute approximate surface area is 168 Å². The van der Waals surface area contributed by atoms with Gasteiger partial charge in [-0.3, -0.25) is 4.79 Å². The highest BCUT2D eigenvalue weighted by atomic mass is 35.5. The third-order valence-electron chi connectivity index (χ3n) is 4.72. The Bertz CT molecular complexity index is 1120. The van der Waals surface area contributed by atoms with E-state index in [1.54, 1.807) is 18.2 Å². The van der Waals surface area contributed by atoms with E-state index in [0.717, 1.165) is 16.9 Å². The van der Waals surface area contributed by atoms with Crippen molar-refractivity contribution >= 4 is 28.5 Å². The first-order chi connectivity index (χ1) is 13.6. The molecule has 1 N–H and O–H groups in total. The summed E-state index contributed by atoms with van der Waals surface area (Å²) in [4.78, 5) is 17.5. The summed E-state index contributed by atoms with van der Waals surface area (Å²) in [5.41, 5.74) is 3.59. The molecule has 1 amide bonds. The molecular formula is C23H20ClN3O. The van der Waals surface area contributed by atoms with E-state index in [-0.39, 0.29) is 11.9 Å². The number of halogens is 1. The Morgan fingerprint density at radius 3 is 2.46 bits per heavy atom. The number of rotatable bonds is 5. The number of hydrogen-bond donors (Lipinski definition) is 1. The van der Waals surface area contributed by atoms with Gasteiger partial charge < -0.3 is 9.88 Å². The summed E-state index contributed by atoms with van der Waals surface area (Å²) in [7, 11) is 0. The largest absolute Gasteiger partial charge is 0.342 e. The van der Waals surface area contributed by atoms with Gasteiger partial charge in [-0.05, 0) is 36.8 Å². The zero-order valence-electron chi connectivity index (χ0n) is 15.5. The monoisotopic (exact) mass is 389 g/mol. The first-order valence-corrected chi connectivity index (χ1v) is 9.56. The van der Waals surface area contributed by atoms with Crippen LogP contribution in [0, 0.1) is 0 Å². The predicted molar refractivity (Wildman–Crippen MR) is 113 cm³/mol. The molecule has 0 aliphatic rings. The summed E-state index contributed by atoms with van der Waals surface area (Å²) in [6.07, 6.45) is 0. The van der Waals surface area contributed by atoms with Crippen LogP contribution in [0.5, 0.6) is 0 Å². The Morgan fingerprint density at radius 1 is 1.00 bits per heavy atom. The molecule has 5 heteroatoms. The van der Waals surface area contributed by atoms with E-state index in [1.165, 1.54) is 5.56 Å². The van der Waals surface area contributed by atoms with E-state index in [4.69, 9.17) is 16.6 Å². The van der Waals surface area contributed by atoms with Crippen LogP contribution in [-0.2, 0) is 6.54 Å². The van der Waals surface area contributed by atoms with Gasteiger partial charge in [0.15, 0.2) is 0 Å². The first kappa shape index (κ1) is 18.3. The second kappa shape index (κ2) is 7.87. The van der Waals surface area contributed by atoms with E-state index < -0.39 is 0 Å². The van der Waals surface area contributed by atoms with Crippen molar-refractivity contribution in [3.8, 4) is 0 Å². The van der Waals surface area contributed by atoms with E-state index in [1.807, 2.05) is 49.4 Å². The average Bonchev–Trinajstić information content (AvgIpc) is 3.08. The van der Waals surface area contributed by atoms with Crippen LogP contribution in [0.2, 0.25) is 5.02 Å². The summed E-state index contributed by atoms with van der Waals surface area (Å²) in [6, 6.07) is 25.0. The molecule has 0 aliphatic carbocycles. The number of amides is 1. The van der Waals surface area contributed by atoms with E-state index in [2.05, 4.69) is 28.1 Å². The Kier molecular flexibility index (Phi) is 5.13. The summed E-state index contributed by atoms with van der Waals surface area (Å²) in [5.74, 6) is 0.599. The molecule has 0 fully saturated rings. The maximum atomic E-state index is 12.7. The molecule has 0 aliphatic heterocycles. The fraction of sp³-hybridized carbons (Fsp3) is 0.130. The van der Waals surface area contributed by atoms with E-state index in [9.17, 15) is 4.79 Å². The minimum absolute atomic E-state index is 0.212.